The molecule has 0 bridgehead atoms. The summed E-state index contributed by atoms with van der Waals surface area (Å²) < 4.78 is 5.80. The molecule has 0 amide bonds. The number of fused-ring (bicyclic) bond motifs is 1. The first-order valence-electron chi connectivity index (χ1n) is 6.86. The maximum atomic E-state index is 5.80. The summed E-state index contributed by atoms with van der Waals surface area (Å²) in [5.41, 5.74) is 4.86. The number of nitrogens with two attached hydrogens (primary N) is 1. The number of benzene rings is 2. The molecule has 0 radical (unpaired) electrons. The lowest BCUT2D eigenvalue weighted by atomic mass is 10.0. The van der Waals surface area contributed by atoms with Crippen molar-refractivity contribution in [3.63, 3.8) is 0 Å². The Morgan fingerprint density at radius 2 is 1.86 bits per heavy atom. The number of rotatable bonds is 5. The van der Waals surface area contributed by atoms with Crippen molar-refractivity contribution in [1.82, 2.24) is 10.4 Å². The van der Waals surface area contributed by atoms with Crippen LogP contribution < -0.4 is 16.0 Å². The Morgan fingerprint density at radius 1 is 1.00 bits per heavy atom. The van der Waals surface area contributed by atoms with Crippen LogP contribution in [-0.4, -0.2) is 11.6 Å². The zero-order valence-corrected chi connectivity index (χ0v) is 11.6. The summed E-state index contributed by atoms with van der Waals surface area (Å²) in [7, 11) is 0. The summed E-state index contributed by atoms with van der Waals surface area (Å²) in [6.07, 6.45) is 1.79. The molecule has 106 valence electrons. The van der Waals surface area contributed by atoms with Crippen LogP contribution in [0, 0.1) is 0 Å². The van der Waals surface area contributed by atoms with Crippen molar-refractivity contribution in [3.8, 4) is 5.75 Å². The summed E-state index contributed by atoms with van der Waals surface area (Å²) in [6.45, 7) is 0.453. The van der Waals surface area contributed by atoms with Crippen LogP contribution in [0.4, 0.5) is 0 Å². The van der Waals surface area contributed by atoms with Gasteiger partial charge in [-0.25, -0.2) is 5.43 Å². The lowest BCUT2D eigenvalue weighted by Gasteiger charge is -2.18. The molecule has 0 aliphatic rings. The fourth-order valence-corrected chi connectivity index (χ4v) is 2.35. The van der Waals surface area contributed by atoms with Gasteiger partial charge < -0.3 is 4.74 Å². The van der Waals surface area contributed by atoms with Gasteiger partial charge >= 0.3 is 0 Å². The highest BCUT2D eigenvalue weighted by Crippen LogP contribution is 2.23. The first-order chi connectivity index (χ1) is 10.4. The maximum Gasteiger partial charge on any atom is 0.119 e. The van der Waals surface area contributed by atoms with Gasteiger partial charge in [-0.15, -0.1) is 0 Å². The van der Waals surface area contributed by atoms with E-state index in [2.05, 4.69) is 10.4 Å². The molecule has 1 atom stereocenters. The standard InChI is InChI=1S/C17H17N3O/c18-20-17(12-21-13-6-2-1-3-7-13)15-8-4-10-16-14(15)9-5-11-19-16/h1-11,17,20H,12,18H2. The Balaban J connectivity index is 1.85. The molecule has 0 fully saturated rings. The van der Waals surface area contributed by atoms with Crippen molar-refractivity contribution in [2.24, 2.45) is 5.84 Å². The molecule has 2 aromatic carbocycles. The first kappa shape index (κ1) is 13.5. The number of pyridine rings is 1. The molecule has 1 aromatic heterocycles. The summed E-state index contributed by atoms with van der Waals surface area (Å²) in [4.78, 5) is 4.37. The van der Waals surface area contributed by atoms with E-state index < -0.39 is 0 Å². The molecular weight excluding hydrogens is 262 g/mol. The van der Waals surface area contributed by atoms with Crippen LogP contribution in [0.2, 0.25) is 0 Å². The summed E-state index contributed by atoms with van der Waals surface area (Å²) >= 11 is 0. The maximum absolute atomic E-state index is 5.80. The van der Waals surface area contributed by atoms with E-state index >= 15 is 0 Å². The van der Waals surface area contributed by atoms with Gasteiger partial charge in [-0.1, -0.05) is 36.4 Å². The second-order valence-electron chi connectivity index (χ2n) is 4.76. The monoisotopic (exact) mass is 279 g/mol. The number of ether oxygens (including phenoxy) is 1. The minimum Gasteiger partial charge on any atom is -0.492 e. The fourth-order valence-electron chi connectivity index (χ4n) is 2.35. The molecule has 0 spiro atoms. The summed E-state index contributed by atoms with van der Waals surface area (Å²) in [5.74, 6) is 6.54. The molecule has 0 saturated heterocycles. The van der Waals surface area contributed by atoms with Gasteiger partial charge in [0, 0.05) is 11.6 Å². The highest BCUT2D eigenvalue weighted by atomic mass is 16.5. The Morgan fingerprint density at radius 3 is 2.67 bits per heavy atom. The third kappa shape index (κ3) is 3.02. The predicted molar refractivity (Wildman–Crippen MR) is 83.7 cm³/mol. The average Bonchev–Trinajstić information content (AvgIpc) is 2.56. The fraction of sp³-hybridized carbons (Fsp3) is 0.118. The van der Waals surface area contributed by atoms with Crippen LogP contribution >= 0.6 is 0 Å². The van der Waals surface area contributed by atoms with E-state index in [0.29, 0.717) is 6.61 Å². The summed E-state index contributed by atoms with van der Waals surface area (Å²) in [6, 6.07) is 19.6. The van der Waals surface area contributed by atoms with Crippen molar-refractivity contribution in [2.45, 2.75) is 6.04 Å². The highest BCUT2D eigenvalue weighted by molar-refractivity contribution is 5.82. The number of hydrazine groups is 1. The highest BCUT2D eigenvalue weighted by Gasteiger charge is 2.13. The van der Waals surface area contributed by atoms with Gasteiger partial charge in [-0.05, 0) is 29.8 Å². The van der Waals surface area contributed by atoms with Crippen molar-refractivity contribution >= 4 is 10.9 Å². The quantitative estimate of drug-likeness (QED) is 0.557. The Hall–Kier alpha value is -2.43. The van der Waals surface area contributed by atoms with Gasteiger partial charge in [-0.3, -0.25) is 10.8 Å². The Bertz CT molecular complexity index is 710. The van der Waals surface area contributed by atoms with Crippen LogP contribution in [0.15, 0.2) is 66.9 Å². The van der Waals surface area contributed by atoms with Crippen LogP contribution in [-0.2, 0) is 0 Å². The largest absolute Gasteiger partial charge is 0.492 e. The zero-order chi connectivity index (χ0) is 14.5. The number of nitrogens with zero attached hydrogens (tertiary/aromatic N) is 1. The van der Waals surface area contributed by atoms with E-state index in [0.717, 1.165) is 22.2 Å². The summed E-state index contributed by atoms with van der Waals surface area (Å²) in [5, 5.41) is 1.08. The number of nitrogens with one attached hydrogen (secondary N) is 1. The van der Waals surface area contributed by atoms with Crippen molar-refractivity contribution in [3.05, 3.63) is 72.4 Å². The molecule has 3 N–H and O–H groups in total. The SMILES string of the molecule is NNC(COc1ccccc1)c1cccc2ncccc12. The van der Waals surface area contributed by atoms with Crippen molar-refractivity contribution in [2.75, 3.05) is 6.61 Å². The Kier molecular flexibility index (Phi) is 4.09. The van der Waals surface area contributed by atoms with Crippen LogP contribution in [0.3, 0.4) is 0 Å². The molecule has 1 heterocycles. The Labute approximate surface area is 123 Å². The number of hydrogen-bond acceptors (Lipinski definition) is 4. The topological polar surface area (TPSA) is 60.2 Å². The molecule has 0 saturated carbocycles. The number of aromatic nitrogens is 1. The van der Waals surface area contributed by atoms with Gasteiger partial charge in [-0.2, -0.15) is 0 Å². The third-order valence-corrected chi connectivity index (χ3v) is 3.42. The van der Waals surface area contributed by atoms with E-state index in [-0.39, 0.29) is 6.04 Å². The van der Waals surface area contributed by atoms with Crippen LogP contribution in [0.25, 0.3) is 10.9 Å². The number of para-hydroxylation sites is 1. The minimum absolute atomic E-state index is 0.0990. The normalized spacial score (nSPS) is 12.2. The minimum atomic E-state index is -0.0990. The number of hydrogen-bond donors (Lipinski definition) is 2. The molecule has 0 aliphatic carbocycles. The molecule has 3 rings (SSSR count). The third-order valence-electron chi connectivity index (χ3n) is 3.42. The van der Waals surface area contributed by atoms with Gasteiger partial charge in [0.15, 0.2) is 0 Å². The van der Waals surface area contributed by atoms with Gasteiger partial charge in [0.1, 0.15) is 12.4 Å². The van der Waals surface area contributed by atoms with E-state index in [4.69, 9.17) is 10.6 Å². The molecule has 4 nitrogen and oxygen atoms in total. The van der Waals surface area contributed by atoms with Gasteiger partial charge in [0.05, 0.1) is 11.6 Å². The molecule has 21 heavy (non-hydrogen) atoms. The molecule has 0 aliphatic heterocycles. The zero-order valence-electron chi connectivity index (χ0n) is 11.6. The van der Waals surface area contributed by atoms with Gasteiger partial charge in [0.25, 0.3) is 0 Å². The van der Waals surface area contributed by atoms with E-state index in [1.54, 1.807) is 6.20 Å². The average molecular weight is 279 g/mol. The van der Waals surface area contributed by atoms with E-state index in [1.807, 2.05) is 60.7 Å². The van der Waals surface area contributed by atoms with E-state index in [9.17, 15) is 0 Å². The first-order valence-corrected chi connectivity index (χ1v) is 6.86. The molecule has 4 heteroatoms. The van der Waals surface area contributed by atoms with Crippen molar-refractivity contribution < 1.29 is 4.74 Å². The lowest BCUT2D eigenvalue weighted by Crippen LogP contribution is -2.32. The van der Waals surface area contributed by atoms with Crippen molar-refractivity contribution in [1.29, 1.82) is 0 Å². The van der Waals surface area contributed by atoms with Crippen LogP contribution in [0.5, 0.6) is 5.75 Å². The van der Waals surface area contributed by atoms with E-state index in [1.165, 1.54) is 0 Å². The molecular formula is C17H17N3O. The molecule has 3 aromatic rings. The second kappa shape index (κ2) is 6.35. The second-order valence-corrected chi connectivity index (χ2v) is 4.76. The van der Waals surface area contributed by atoms with Crippen LogP contribution in [0.1, 0.15) is 11.6 Å². The molecule has 1 unspecified atom stereocenters. The predicted octanol–water partition coefficient (Wildman–Crippen LogP) is 2.82. The van der Waals surface area contributed by atoms with Gasteiger partial charge in [0.2, 0.25) is 0 Å². The smallest absolute Gasteiger partial charge is 0.119 e. The lowest BCUT2D eigenvalue weighted by molar-refractivity contribution is 0.268.